The highest BCUT2D eigenvalue weighted by Gasteiger charge is 2.50. The number of carbonyl (C=O) groups excluding carboxylic acids is 5. The van der Waals surface area contributed by atoms with Crippen LogP contribution >= 0.6 is 0 Å². The number of rotatable bonds is 8. The molecule has 0 bridgehead atoms. The molecule has 9 heteroatoms. The topological polar surface area (TPSA) is 128 Å². The van der Waals surface area contributed by atoms with Gasteiger partial charge in [-0.05, 0) is 69.9 Å². The van der Waals surface area contributed by atoms with E-state index in [1.165, 1.54) is 0 Å². The van der Waals surface area contributed by atoms with Gasteiger partial charge in [-0.25, -0.2) is 0 Å². The van der Waals surface area contributed by atoms with Gasteiger partial charge in [0.1, 0.15) is 17.5 Å². The molecule has 208 valence electrons. The van der Waals surface area contributed by atoms with E-state index in [1.54, 1.807) is 24.8 Å². The summed E-state index contributed by atoms with van der Waals surface area (Å²) in [4.78, 5) is 70.9. The van der Waals surface area contributed by atoms with E-state index in [2.05, 4.69) is 15.6 Å². The Balaban J connectivity index is 1.39. The van der Waals surface area contributed by atoms with Crippen LogP contribution < -0.4 is 10.6 Å². The number of H-pyrrole nitrogens is 1. The van der Waals surface area contributed by atoms with Crippen LogP contribution in [0.25, 0.3) is 10.9 Å². The molecule has 2 saturated carbocycles. The average Bonchev–Trinajstić information content (AvgIpc) is 3.62. The van der Waals surface area contributed by atoms with Crippen LogP contribution in [0.2, 0.25) is 0 Å². The first-order valence-corrected chi connectivity index (χ1v) is 14.3. The number of hydrogen-bond donors (Lipinski definition) is 3. The number of amides is 3. The molecule has 1 aromatic carbocycles. The predicted octanol–water partition coefficient (Wildman–Crippen LogP) is 3.14. The molecule has 2 heterocycles. The van der Waals surface area contributed by atoms with Crippen molar-refractivity contribution in [3.63, 3.8) is 0 Å². The Morgan fingerprint density at radius 3 is 2.56 bits per heavy atom. The van der Waals surface area contributed by atoms with Crippen LogP contribution in [0.5, 0.6) is 0 Å². The van der Waals surface area contributed by atoms with Crippen LogP contribution in [0.3, 0.4) is 0 Å². The largest absolute Gasteiger partial charge is 0.351 e. The van der Waals surface area contributed by atoms with E-state index in [1.807, 2.05) is 24.3 Å². The van der Waals surface area contributed by atoms with Crippen molar-refractivity contribution >= 4 is 40.2 Å². The number of hydrogen-bond acceptors (Lipinski definition) is 5. The Kier molecular flexibility index (Phi) is 7.86. The van der Waals surface area contributed by atoms with Crippen LogP contribution in [0.1, 0.15) is 75.7 Å². The maximum Gasteiger partial charge on any atom is 0.289 e. The van der Waals surface area contributed by atoms with Crippen molar-refractivity contribution < 1.29 is 24.0 Å². The summed E-state index contributed by atoms with van der Waals surface area (Å²) in [7, 11) is 0. The molecule has 3 N–H and O–H groups in total. The molecule has 0 radical (unpaired) electrons. The number of likely N-dealkylation sites (tertiary alicyclic amines) is 1. The van der Waals surface area contributed by atoms with E-state index < -0.39 is 29.7 Å². The summed E-state index contributed by atoms with van der Waals surface area (Å²) in [5.74, 6) is -2.27. The third-order valence-electron chi connectivity index (χ3n) is 8.66. The normalized spacial score (nSPS) is 25.5. The summed E-state index contributed by atoms with van der Waals surface area (Å²) in [6, 6.07) is 7.34. The number of benzene rings is 1. The molecule has 1 aromatic heterocycles. The molecule has 3 aliphatic rings. The summed E-state index contributed by atoms with van der Waals surface area (Å²) >= 11 is 0. The number of aromatic nitrogens is 1. The Morgan fingerprint density at radius 2 is 1.82 bits per heavy atom. The zero-order chi connectivity index (χ0) is 27.7. The lowest BCUT2D eigenvalue weighted by Gasteiger charge is -2.30. The molecule has 1 saturated heterocycles. The highest BCUT2D eigenvalue weighted by Crippen LogP contribution is 2.43. The van der Waals surface area contributed by atoms with Crippen molar-refractivity contribution in [2.75, 3.05) is 6.54 Å². The van der Waals surface area contributed by atoms with Crippen molar-refractivity contribution in [1.82, 2.24) is 20.5 Å². The average molecular weight is 535 g/mol. The summed E-state index contributed by atoms with van der Waals surface area (Å²) < 4.78 is 0. The minimum absolute atomic E-state index is 0.00474. The monoisotopic (exact) mass is 534 g/mol. The number of ketones is 2. The summed E-state index contributed by atoms with van der Waals surface area (Å²) in [5, 5.41) is 6.39. The van der Waals surface area contributed by atoms with Gasteiger partial charge in [0, 0.05) is 35.8 Å². The van der Waals surface area contributed by atoms with Gasteiger partial charge in [0.2, 0.25) is 11.7 Å². The Labute approximate surface area is 228 Å². The van der Waals surface area contributed by atoms with Gasteiger partial charge in [0.25, 0.3) is 11.8 Å². The van der Waals surface area contributed by atoms with Gasteiger partial charge in [-0.2, -0.15) is 0 Å². The SMILES string of the molecule is CC(C)NC(=O)C(=O)[C@H](C[C@@H]1CCCCC1=O)NC(=O)[C@@H]1[C@H]2CCC[C@H]2CN1C(=O)c1cc2ccccc2[nH]1. The Bertz CT molecular complexity index is 1250. The number of nitrogens with one attached hydrogen (secondary N) is 3. The highest BCUT2D eigenvalue weighted by atomic mass is 16.2. The van der Waals surface area contributed by atoms with Crippen LogP contribution in [-0.2, 0) is 19.2 Å². The van der Waals surface area contributed by atoms with E-state index in [0.29, 0.717) is 25.1 Å². The second-order valence-electron chi connectivity index (χ2n) is 11.7. The van der Waals surface area contributed by atoms with Gasteiger partial charge in [0.15, 0.2) is 0 Å². The molecule has 2 aliphatic carbocycles. The summed E-state index contributed by atoms with van der Waals surface area (Å²) in [6.45, 7) is 4.00. The Morgan fingerprint density at radius 1 is 1.03 bits per heavy atom. The van der Waals surface area contributed by atoms with Gasteiger partial charge in [-0.3, -0.25) is 24.0 Å². The molecular weight excluding hydrogens is 496 g/mol. The van der Waals surface area contributed by atoms with E-state index in [9.17, 15) is 24.0 Å². The molecule has 3 fully saturated rings. The van der Waals surface area contributed by atoms with Gasteiger partial charge in [-0.15, -0.1) is 0 Å². The second kappa shape index (κ2) is 11.3. The molecule has 0 unspecified atom stereocenters. The maximum atomic E-state index is 13.9. The van der Waals surface area contributed by atoms with Gasteiger partial charge >= 0.3 is 0 Å². The number of Topliss-reactive ketones (excluding diaryl/α,β-unsaturated/α-hetero) is 2. The second-order valence-corrected chi connectivity index (χ2v) is 11.7. The molecule has 39 heavy (non-hydrogen) atoms. The quantitative estimate of drug-likeness (QED) is 0.448. The van der Waals surface area contributed by atoms with Gasteiger partial charge < -0.3 is 20.5 Å². The van der Waals surface area contributed by atoms with Crippen molar-refractivity contribution in [2.24, 2.45) is 17.8 Å². The first kappa shape index (κ1) is 27.1. The minimum atomic E-state index is -1.12. The number of nitrogens with zero attached hydrogens (tertiary/aromatic N) is 1. The fourth-order valence-electron chi connectivity index (χ4n) is 6.76. The minimum Gasteiger partial charge on any atom is -0.351 e. The number of aromatic amines is 1. The molecule has 0 spiro atoms. The summed E-state index contributed by atoms with van der Waals surface area (Å²) in [6.07, 6.45) is 5.66. The molecule has 3 amide bonds. The van der Waals surface area contributed by atoms with Gasteiger partial charge in [-0.1, -0.05) is 31.0 Å². The van der Waals surface area contributed by atoms with Crippen LogP contribution in [0.4, 0.5) is 0 Å². The van der Waals surface area contributed by atoms with E-state index in [-0.39, 0.29) is 41.9 Å². The van der Waals surface area contributed by atoms with Crippen molar-refractivity contribution in [3.05, 3.63) is 36.0 Å². The lowest BCUT2D eigenvalue weighted by Crippen LogP contribution is -2.55. The zero-order valence-electron chi connectivity index (χ0n) is 22.7. The maximum absolute atomic E-state index is 13.9. The molecule has 2 aromatic rings. The number of para-hydroxylation sites is 1. The summed E-state index contributed by atoms with van der Waals surface area (Å²) in [5.41, 5.74) is 1.27. The lowest BCUT2D eigenvalue weighted by molar-refractivity contribution is -0.141. The first-order valence-electron chi connectivity index (χ1n) is 14.3. The van der Waals surface area contributed by atoms with Gasteiger partial charge in [0.05, 0.1) is 6.04 Å². The third-order valence-corrected chi connectivity index (χ3v) is 8.66. The van der Waals surface area contributed by atoms with E-state index in [0.717, 1.165) is 43.0 Å². The predicted molar refractivity (Wildman–Crippen MR) is 146 cm³/mol. The zero-order valence-corrected chi connectivity index (χ0v) is 22.7. The molecule has 1 aliphatic heterocycles. The highest BCUT2D eigenvalue weighted by molar-refractivity contribution is 6.38. The van der Waals surface area contributed by atoms with Crippen molar-refractivity contribution in [2.45, 2.75) is 83.3 Å². The fourth-order valence-corrected chi connectivity index (χ4v) is 6.76. The van der Waals surface area contributed by atoms with Crippen molar-refractivity contribution in [3.8, 4) is 0 Å². The third kappa shape index (κ3) is 5.63. The lowest BCUT2D eigenvalue weighted by atomic mass is 9.82. The van der Waals surface area contributed by atoms with Crippen LogP contribution in [0, 0.1) is 17.8 Å². The number of carbonyl (C=O) groups is 5. The Hall–Kier alpha value is -3.49. The molecular formula is C30H38N4O5. The van der Waals surface area contributed by atoms with E-state index >= 15 is 0 Å². The molecule has 5 rings (SSSR count). The molecule has 9 nitrogen and oxygen atoms in total. The smallest absolute Gasteiger partial charge is 0.289 e. The van der Waals surface area contributed by atoms with E-state index in [4.69, 9.17) is 0 Å². The van der Waals surface area contributed by atoms with Crippen LogP contribution in [-0.4, -0.2) is 63.8 Å². The first-order chi connectivity index (χ1) is 18.7. The fraction of sp³-hybridized carbons (Fsp3) is 0.567. The number of fused-ring (bicyclic) bond motifs is 2. The molecule has 5 atom stereocenters. The van der Waals surface area contributed by atoms with Crippen molar-refractivity contribution in [1.29, 1.82) is 0 Å². The standard InChI is InChI=1S/C30H38N4O5/c1-17(2)31-29(38)27(36)23(15-19-9-4-6-13-25(19)35)33-28(37)26-21-11-7-10-20(21)16-34(26)30(39)24-14-18-8-3-5-12-22(18)32-24/h3,5,8,12,14,17,19-21,23,26,32H,4,6-7,9-11,13,15-16H2,1-2H3,(H,31,38)(H,33,37)/t19-,20-,21-,23-,26-/m0/s1. The van der Waals surface area contributed by atoms with Crippen LogP contribution in [0.15, 0.2) is 30.3 Å².